The first-order valence-corrected chi connectivity index (χ1v) is 10.7. The Morgan fingerprint density at radius 2 is 1.48 bits per heavy atom. The summed E-state index contributed by atoms with van der Waals surface area (Å²) < 4.78 is 0. The van der Waals surface area contributed by atoms with Crippen LogP contribution in [0.2, 0.25) is 0 Å². The minimum Gasteiger partial charge on any atom is -0.342 e. The van der Waals surface area contributed by atoms with Crippen molar-refractivity contribution in [2.45, 2.75) is 26.9 Å². The smallest absolute Gasteiger partial charge is 0.342 e. The first-order valence-electron chi connectivity index (χ1n) is 10.7. The van der Waals surface area contributed by atoms with Gasteiger partial charge in [-0.3, -0.25) is 10.1 Å². The molecule has 0 spiro atoms. The summed E-state index contributed by atoms with van der Waals surface area (Å²) in [5.74, 6) is 0.445. The van der Waals surface area contributed by atoms with Crippen LogP contribution in [0.5, 0.6) is 0 Å². The molecule has 0 atom stereocenters. The zero-order chi connectivity index (χ0) is 23.2. The molecule has 0 aliphatic carbocycles. The first-order chi connectivity index (χ1) is 16.0. The predicted molar refractivity (Wildman–Crippen MR) is 131 cm³/mol. The van der Waals surface area contributed by atoms with E-state index in [1.807, 2.05) is 97.6 Å². The molecular formula is C26H25N5O2. The van der Waals surface area contributed by atoms with Gasteiger partial charge in [-0.05, 0) is 42.2 Å². The molecule has 1 N–H and O–H groups in total. The molecule has 1 heterocycles. The molecule has 0 aliphatic heterocycles. The lowest BCUT2D eigenvalue weighted by atomic mass is 10.1. The third-order valence-corrected chi connectivity index (χ3v) is 5.36. The highest BCUT2D eigenvalue weighted by Gasteiger charge is 2.28. The zero-order valence-corrected chi connectivity index (χ0v) is 18.6. The van der Waals surface area contributed by atoms with E-state index in [1.54, 1.807) is 0 Å². The highest BCUT2D eigenvalue weighted by atomic mass is 16.6. The van der Waals surface area contributed by atoms with Gasteiger partial charge in [0.15, 0.2) is 0 Å². The Morgan fingerprint density at radius 1 is 0.879 bits per heavy atom. The molecular weight excluding hydrogens is 414 g/mol. The molecule has 0 amide bonds. The topological polar surface area (TPSA) is 84.2 Å². The van der Waals surface area contributed by atoms with Crippen molar-refractivity contribution in [3.63, 3.8) is 0 Å². The molecule has 0 saturated carbocycles. The third kappa shape index (κ3) is 5.33. The molecule has 33 heavy (non-hydrogen) atoms. The average Bonchev–Trinajstić information content (AvgIpc) is 2.82. The van der Waals surface area contributed by atoms with E-state index in [1.165, 1.54) is 6.33 Å². The van der Waals surface area contributed by atoms with Crippen molar-refractivity contribution in [2.75, 3.05) is 10.2 Å². The minimum atomic E-state index is -0.411. The van der Waals surface area contributed by atoms with E-state index in [0.717, 1.165) is 27.9 Å². The molecule has 0 saturated heterocycles. The Morgan fingerprint density at radius 3 is 2.06 bits per heavy atom. The predicted octanol–water partition coefficient (Wildman–Crippen LogP) is 5.95. The molecule has 7 nitrogen and oxygen atoms in total. The van der Waals surface area contributed by atoms with Crippen molar-refractivity contribution < 1.29 is 4.92 Å². The van der Waals surface area contributed by atoms with Gasteiger partial charge in [0.2, 0.25) is 11.6 Å². The van der Waals surface area contributed by atoms with Gasteiger partial charge < -0.3 is 10.2 Å². The Hall–Kier alpha value is -4.26. The summed E-state index contributed by atoms with van der Waals surface area (Å²) in [4.78, 5) is 22.4. The number of nitro groups is 1. The molecule has 0 aliphatic rings. The van der Waals surface area contributed by atoms with Crippen molar-refractivity contribution in [3.8, 4) is 0 Å². The number of hydrogen-bond acceptors (Lipinski definition) is 6. The number of rotatable bonds is 8. The van der Waals surface area contributed by atoms with Crippen LogP contribution in [-0.4, -0.2) is 14.9 Å². The maximum atomic E-state index is 12.3. The van der Waals surface area contributed by atoms with Crippen LogP contribution in [-0.2, 0) is 13.1 Å². The highest BCUT2D eigenvalue weighted by Crippen LogP contribution is 2.35. The van der Waals surface area contributed by atoms with Gasteiger partial charge in [-0.2, -0.15) is 0 Å². The Kier molecular flexibility index (Phi) is 6.59. The number of benzene rings is 3. The fourth-order valence-corrected chi connectivity index (χ4v) is 3.67. The number of nitrogens with one attached hydrogen (secondary N) is 1. The maximum absolute atomic E-state index is 12.3. The summed E-state index contributed by atoms with van der Waals surface area (Å²) in [5.41, 5.74) is 4.72. The molecule has 0 unspecified atom stereocenters. The number of aromatic nitrogens is 2. The molecule has 4 rings (SSSR count). The Bertz CT molecular complexity index is 1200. The lowest BCUT2D eigenvalue weighted by molar-refractivity contribution is -0.383. The van der Waals surface area contributed by atoms with Crippen LogP contribution in [0.3, 0.4) is 0 Å². The molecule has 166 valence electrons. The van der Waals surface area contributed by atoms with Crippen molar-refractivity contribution in [2.24, 2.45) is 0 Å². The van der Waals surface area contributed by atoms with Crippen LogP contribution in [0, 0.1) is 24.0 Å². The summed E-state index contributed by atoms with van der Waals surface area (Å²) in [6.07, 6.45) is 1.37. The zero-order valence-electron chi connectivity index (χ0n) is 18.6. The normalized spacial score (nSPS) is 10.6. The quantitative estimate of drug-likeness (QED) is 0.270. The van der Waals surface area contributed by atoms with Gasteiger partial charge in [-0.1, -0.05) is 72.8 Å². The monoisotopic (exact) mass is 439 g/mol. The van der Waals surface area contributed by atoms with Gasteiger partial charge in [-0.25, -0.2) is 9.97 Å². The second-order valence-corrected chi connectivity index (χ2v) is 7.92. The van der Waals surface area contributed by atoms with Crippen LogP contribution < -0.4 is 10.2 Å². The van der Waals surface area contributed by atoms with Crippen molar-refractivity contribution in [1.82, 2.24) is 9.97 Å². The number of nitrogens with zero attached hydrogens (tertiary/aromatic N) is 4. The van der Waals surface area contributed by atoms with E-state index < -0.39 is 4.92 Å². The summed E-state index contributed by atoms with van der Waals surface area (Å²) in [6.45, 7) is 4.87. The fourth-order valence-electron chi connectivity index (χ4n) is 3.67. The Balaban J connectivity index is 1.77. The number of anilines is 3. The van der Waals surface area contributed by atoms with Crippen LogP contribution in [0.25, 0.3) is 0 Å². The second-order valence-electron chi connectivity index (χ2n) is 7.92. The van der Waals surface area contributed by atoms with Crippen LogP contribution in [0.4, 0.5) is 23.0 Å². The molecule has 7 heteroatoms. The van der Waals surface area contributed by atoms with E-state index >= 15 is 0 Å². The minimum absolute atomic E-state index is 0.148. The molecule has 0 radical (unpaired) electrons. The van der Waals surface area contributed by atoms with Crippen LogP contribution in [0.15, 0.2) is 85.2 Å². The summed E-state index contributed by atoms with van der Waals surface area (Å²) in [6, 6.07) is 25.7. The van der Waals surface area contributed by atoms with Gasteiger partial charge in [0.05, 0.1) is 4.92 Å². The molecule has 1 aromatic heterocycles. The standard InChI is InChI=1S/C26H25N5O2/c1-19-13-14-20(2)23(15-19)29-25-24(31(32)33)26(28-18-27-25)30(16-21-9-5-3-6-10-21)17-22-11-7-4-8-12-22/h3-15,18H,16-17H2,1-2H3,(H,27,28,29). The molecule has 0 bridgehead atoms. The van der Waals surface area contributed by atoms with E-state index in [2.05, 4.69) is 15.3 Å². The fraction of sp³-hybridized carbons (Fsp3) is 0.154. The van der Waals surface area contributed by atoms with E-state index in [4.69, 9.17) is 0 Å². The van der Waals surface area contributed by atoms with Gasteiger partial charge in [0.25, 0.3) is 0 Å². The highest BCUT2D eigenvalue weighted by molar-refractivity contribution is 5.75. The summed E-state index contributed by atoms with van der Waals surface area (Å²) in [7, 11) is 0. The van der Waals surface area contributed by atoms with Gasteiger partial charge in [-0.15, -0.1) is 0 Å². The van der Waals surface area contributed by atoms with Crippen LogP contribution >= 0.6 is 0 Å². The second kappa shape index (κ2) is 9.91. The van der Waals surface area contributed by atoms with E-state index in [0.29, 0.717) is 13.1 Å². The van der Waals surface area contributed by atoms with Crippen molar-refractivity contribution in [3.05, 3.63) is 118 Å². The van der Waals surface area contributed by atoms with E-state index in [-0.39, 0.29) is 17.3 Å². The molecule has 3 aromatic carbocycles. The number of aryl methyl sites for hydroxylation is 2. The summed E-state index contributed by atoms with van der Waals surface area (Å²) >= 11 is 0. The average molecular weight is 440 g/mol. The van der Waals surface area contributed by atoms with Crippen LogP contribution in [0.1, 0.15) is 22.3 Å². The van der Waals surface area contributed by atoms with Gasteiger partial charge >= 0.3 is 5.69 Å². The SMILES string of the molecule is Cc1ccc(C)c(Nc2ncnc(N(Cc3ccccc3)Cc3ccccc3)c2[N+](=O)[O-])c1. The first kappa shape index (κ1) is 22.0. The van der Waals surface area contributed by atoms with E-state index in [9.17, 15) is 10.1 Å². The summed E-state index contributed by atoms with van der Waals surface area (Å²) in [5, 5.41) is 15.4. The maximum Gasteiger partial charge on any atom is 0.353 e. The van der Waals surface area contributed by atoms with Gasteiger partial charge in [0.1, 0.15) is 6.33 Å². The van der Waals surface area contributed by atoms with Crippen molar-refractivity contribution >= 4 is 23.0 Å². The lowest BCUT2D eigenvalue weighted by Crippen LogP contribution is -2.24. The number of hydrogen-bond donors (Lipinski definition) is 1. The molecule has 4 aromatic rings. The van der Waals surface area contributed by atoms with Gasteiger partial charge in [0, 0.05) is 18.8 Å². The molecule has 0 fully saturated rings. The largest absolute Gasteiger partial charge is 0.353 e. The lowest BCUT2D eigenvalue weighted by Gasteiger charge is -2.24. The third-order valence-electron chi connectivity index (χ3n) is 5.36. The Labute approximate surface area is 192 Å². The van der Waals surface area contributed by atoms with Crippen molar-refractivity contribution in [1.29, 1.82) is 0 Å².